The van der Waals surface area contributed by atoms with Crippen LogP contribution in [0, 0.1) is 11.8 Å². The first-order chi connectivity index (χ1) is 11.2. The topological polar surface area (TPSA) is 61.8 Å². The molecule has 3 aliphatic rings. The second-order valence-corrected chi connectivity index (χ2v) is 7.14. The van der Waals surface area contributed by atoms with E-state index in [-0.39, 0.29) is 0 Å². The molecular weight excluding hydrogens is 292 g/mol. The van der Waals surface area contributed by atoms with Crippen LogP contribution < -0.4 is 5.32 Å². The fourth-order valence-corrected chi connectivity index (χ4v) is 4.68. The van der Waals surface area contributed by atoms with Crippen molar-refractivity contribution in [2.24, 2.45) is 11.8 Å². The lowest BCUT2D eigenvalue weighted by Crippen LogP contribution is -2.66. The third-order valence-corrected chi connectivity index (χ3v) is 5.71. The second-order valence-electron chi connectivity index (χ2n) is 7.14. The number of piperidine rings is 1. The van der Waals surface area contributed by atoms with Gasteiger partial charge in [-0.25, -0.2) is 0 Å². The van der Waals surface area contributed by atoms with Crippen molar-refractivity contribution in [3.63, 3.8) is 0 Å². The summed E-state index contributed by atoms with van der Waals surface area (Å²) in [6.45, 7) is 3.21. The van der Waals surface area contributed by atoms with Crippen LogP contribution >= 0.6 is 0 Å². The first kappa shape index (κ1) is 15.1. The molecule has 2 heterocycles. The van der Waals surface area contributed by atoms with Gasteiger partial charge in [0, 0.05) is 31.5 Å². The van der Waals surface area contributed by atoms with E-state index in [1.807, 2.05) is 6.07 Å². The Balaban J connectivity index is 1.50. The standard InChI is InChI=1S/C18H24N2O3/c21-17(22)16-12-23-18(19-16)14-7-4-8-15(18)11-20(10-14)9-13-5-2-1-3-6-13/h1-3,5-6,14-16,19H,4,7-12H2,(H,21,22). The largest absolute Gasteiger partial charge is 0.480 e. The molecule has 3 fully saturated rings. The van der Waals surface area contributed by atoms with Crippen molar-refractivity contribution in [2.75, 3.05) is 19.7 Å². The van der Waals surface area contributed by atoms with Crippen molar-refractivity contribution in [1.82, 2.24) is 10.2 Å². The van der Waals surface area contributed by atoms with Gasteiger partial charge in [-0.3, -0.25) is 15.0 Å². The van der Waals surface area contributed by atoms with Gasteiger partial charge in [-0.05, 0) is 18.4 Å². The number of rotatable bonds is 3. The van der Waals surface area contributed by atoms with E-state index in [0.29, 0.717) is 18.4 Å². The van der Waals surface area contributed by atoms with Crippen LogP contribution in [-0.2, 0) is 16.1 Å². The molecule has 4 rings (SSSR count). The van der Waals surface area contributed by atoms with Crippen LogP contribution in [-0.4, -0.2) is 47.4 Å². The number of hydrogen-bond donors (Lipinski definition) is 2. The zero-order chi connectivity index (χ0) is 15.9. The van der Waals surface area contributed by atoms with E-state index in [1.165, 1.54) is 12.0 Å². The zero-order valence-corrected chi connectivity index (χ0v) is 13.3. The highest BCUT2D eigenvalue weighted by molar-refractivity contribution is 5.74. The number of likely N-dealkylation sites (tertiary alicyclic amines) is 1. The third kappa shape index (κ3) is 2.67. The van der Waals surface area contributed by atoms with Gasteiger partial charge in [-0.15, -0.1) is 0 Å². The average molecular weight is 316 g/mol. The number of carboxylic acid groups (broad SMARTS) is 1. The van der Waals surface area contributed by atoms with Crippen LogP contribution in [0.2, 0.25) is 0 Å². The number of hydrogen-bond acceptors (Lipinski definition) is 4. The lowest BCUT2D eigenvalue weighted by atomic mass is 9.70. The molecule has 0 radical (unpaired) electrons. The fourth-order valence-electron chi connectivity index (χ4n) is 4.68. The molecular formula is C18H24N2O3. The normalized spacial score (nSPS) is 37.1. The molecule has 1 spiro atoms. The minimum Gasteiger partial charge on any atom is -0.480 e. The van der Waals surface area contributed by atoms with Gasteiger partial charge in [0.15, 0.2) is 0 Å². The highest BCUT2D eigenvalue weighted by Crippen LogP contribution is 2.46. The van der Waals surface area contributed by atoms with E-state index in [9.17, 15) is 9.90 Å². The molecule has 5 heteroatoms. The maximum atomic E-state index is 11.3. The number of aliphatic carboxylic acids is 1. The maximum absolute atomic E-state index is 11.3. The van der Waals surface area contributed by atoms with E-state index in [1.54, 1.807) is 0 Å². The molecule has 23 heavy (non-hydrogen) atoms. The van der Waals surface area contributed by atoms with Crippen molar-refractivity contribution >= 4 is 5.97 Å². The summed E-state index contributed by atoms with van der Waals surface area (Å²) in [4.78, 5) is 13.8. The van der Waals surface area contributed by atoms with E-state index in [2.05, 4.69) is 34.5 Å². The van der Waals surface area contributed by atoms with E-state index in [0.717, 1.165) is 32.5 Å². The second kappa shape index (κ2) is 5.89. The molecule has 1 aromatic carbocycles. The molecule has 1 saturated carbocycles. The molecule has 1 aromatic rings. The summed E-state index contributed by atoms with van der Waals surface area (Å²) in [5.41, 5.74) is 0.930. The molecule has 1 aliphatic carbocycles. The molecule has 0 aromatic heterocycles. The summed E-state index contributed by atoms with van der Waals surface area (Å²) in [5, 5.41) is 12.6. The summed E-state index contributed by atoms with van der Waals surface area (Å²) in [6, 6.07) is 10.0. The number of nitrogens with one attached hydrogen (secondary N) is 1. The van der Waals surface area contributed by atoms with Crippen LogP contribution in [0.1, 0.15) is 24.8 Å². The van der Waals surface area contributed by atoms with Gasteiger partial charge in [0.05, 0.1) is 6.61 Å². The highest BCUT2D eigenvalue weighted by Gasteiger charge is 2.57. The Bertz CT molecular complexity index is 563. The van der Waals surface area contributed by atoms with Gasteiger partial charge in [0.25, 0.3) is 0 Å². The van der Waals surface area contributed by atoms with Gasteiger partial charge in [0.1, 0.15) is 11.8 Å². The Labute approximate surface area is 136 Å². The smallest absolute Gasteiger partial charge is 0.323 e. The molecule has 124 valence electrons. The summed E-state index contributed by atoms with van der Waals surface area (Å²) in [7, 11) is 0. The van der Waals surface area contributed by atoms with Gasteiger partial charge >= 0.3 is 5.97 Å². The van der Waals surface area contributed by atoms with Crippen LogP contribution in [0.3, 0.4) is 0 Å². The molecule has 2 N–H and O–H groups in total. The minimum absolute atomic E-state index is 0.293. The number of ether oxygens (including phenoxy) is 1. The predicted octanol–water partition coefficient (Wildman–Crippen LogP) is 1.69. The fraction of sp³-hybridized carbons (Fsp3) is 0.611. The molecule has 3 unspecified atom stereocenters. The first-order valence-corrected chi connectivity index (χ1v) is 8.58. The quantitative estimate of drug-likeness (QED) is 0.888. The summed E-state index contributed by atoms with van der Waals surface area (Å²) in [5.74, 6) is -0.0437. The minimum atomic E-state index is -0.799. The lowest BCUT2D eigenvalue weighted by Gasteiger charge is -2.53. The van der Waals surface area contributed by atoms with Crippen molar-refractivity contribution in [3.8, 4) is 0 Å². The van der Waals surface area contributed by atoms with Gasteiger partial charge in [0.2, 0.25) is 0 Å². The zero-order valence-electron chi connectivity index (χ0n) is 13.3. The van der Waals surface area contributed by atoms with Crippen LogP contribution in [0.15, 0.2) is 30.3 Å². The molecule has 2 aliphatic heterocycles. The average Bonchev–Trinajstić information content (AvgIpc) is 2.95. The van der Waals surface area contributed by atoms with Gasteiger partial charge in [-0.1, -0.05) is 36.8 Å². The number of carbonyl (C=O) groups is 1. The van der Waals surface area contributed by atoms with E-state index >= 15 is 0 Å². The molecule has 2 bridgehead atoms. The summed E-state index contributed by atoms with van der Waals surface area (Å²) >= 11 is 0. The Morgan fingerprint density at radius 3 is 2.57 bits per heavy atom. The molecule has 3 atom stereocenters. The Morgan fingerprint density at radius 2 is 1.96 bits per heavy atom. The van der Waals surface area contributed by atoms with Crippen molar-refractivity contribution < 1.29 is 14.6 Å². The van der Waals surface area contributed by atoms with Crippen LogP contribution in [0.25, 0.3) is 0 Å². The van der Waals surface area contributed by atoms with Gasteiger partial charge < -0.3 is 9.84 Å². The number of carboxylic acids is 1. The Hall–Kier alpha value is -1.43. The summed E-state index contributed by atoms with van der Waals surface area (Å²) < 4.78 is 6.10. The summed E-state index contributed by atoms with van der Waals surface area (Å²) in [6.07, 6.45) is 3.45. The van der Waals surface area contributed by atoms with Crippen molar-refractivity contribution in [1.29, 1.82) is 0 Å². The molecule has 2 saturated heterocycles. The number of nitrogens with zero attached hydrogens (tertiary/aromatic N) is 1. The Morgan fingerprint density at radius 1 is 1.26 bits per heavy atom. The van der Waals surface area contributed by atoms with Crippen LogP contribution in [0.5, 0.6) is 0 Å². The monoisotopic (exact) mass is 316 g/mol. The highest BCUT2D eigenvalue weighted by atomic mass is 16.5. The van der Waals surface area contributed by atoms with Crippen LogP contribution in [0.4, 0.5) is 0 Å². The Kier molecular flexibility index (Phi) is 3.87. The predicted molar refractivity (Wildman–Crippen MR) is 85.8 cm³/mol. The van der Waals surface area contributed by atoms with Crippen molar-refractivity contribution in [3.05, 3.63) is 35.9 Å². The van der Waals surface area contributed by atoms with E-state index < -0.39 is 17.7 Å². The maximum Gasteiger partial charge on any atom is 0.323 e. The SMILES string of the molecule is O=C(O)C1COC2(N1)C1CCCC2CN(Cc2ccccc2)C1. The van der Waals surface area contributed by atoms with E-state index in [4.69, 9.17) is 4.74 Å². The molecule has 0 amide bonds. The van der Waals surface area contributed by atoms with Crippen molar-refractivity contribution in [2.45, 2.75) is 37.6 Å². The number of benzene rings is 1. The third-order valence-electron chi connectivity index (χ3n) is 5.71. The first-order valence-electron chi connectivity index (χ1n) is 8.58. The van der Waals surface area contributed by atoms with Gasteiger partial charge in [-0.2, -0.15) is 0 Å². The lowest BCUT2D eigenvalue weighted by molar-refractivity contribution is -0.163. The molecule has 5 nitrogen and oxygen atoms in total.